The molecule has 0 aliphatic heterocycles. The van der Waals surface area contributed by atoms with Crippen LogP contribution in [-0.2, 0) is 12.8 Å². The van der Waals surface area contributed by atoms with Crippen LogP contribution in [0.1, 0.15) is 44.4 Å². The summed E-state index contributed by atoms with van der Waals surface area (Å²) in [5, 5.41) is 18.7. The van der Waals surface area contributed by atoms with Crippen LogP contribution in [0, 0.1) is 0 Å². The van der Waals surface area contributed by atoms with Gasteiger partial charge in [-0.2, -0.15) is 0 Å². The topological polar surface area (TPSA) is 102 Å². The van der Waals surface area contributed by atoms with Crippen LogP contribution >= 0.6 is 0 Å². The molecule has 3 aromatic carbocycles. The highest BCUT2D eigenvalue weighted by atomic mass is 16.5. The zero-order valence-electron chi connectivity index (χ0n) is 19.8. The highest BCUT2D eigenvalue weighted by Crippen LogP contribution is 2.29. The Bertz CT molecular complexity index is 1110. The van der Waals surface area contributed by atoms with Gasteiger partial charge in [0.1, 0.15) is 17.2 Å². The number of nitrogens with two attached hydrogens (primary N) is 2. The number of hydrogen-bond donors (Lipinski definition) is 4. The Balaban J connectivity index is 0.00000187. The largest absolute Gasteiger partial charge is 0.513 e. The normalized spacial score (nSPS) is 11.5. The lowest BCUT2D eigenvalue weighted by atomic mass is 10.0. The van der Waals surface area contributed by atoms with Gasteiger partial charge in [0.05, 0.1) is 5.76 Å². The molecule has 0 fully saturated rings. The average molecular weight is 447 g/mol. The zero-order chi connectivity index (χ0) is 24.4. The van der Waals surface area contributed by atoms with Gasteiger partial charge in [0.25, 0.3) is 0 Å². The molecule has 0 saturated heterocycles. The molecule has 0 radical (unpaired) electrons. The van der Waals surface area contributed by atoms with Gasteiger partial charge in [-0.15, -0.1) is 0 Å². The minimum absolute atomic E-state index is 0.237. The lowest BCUT2D eigenvalue weighted by Gasteiger charge is -2.12. The molecule has 5 heteroatoms. The van der Waals surface area contributed by atoms with Gasteiger partial charge in [-0.3, -0.25) is 0 Å². The predicted molar refractivity (Wildman–Crippen MR) is 138 cm³/mol. The molecule has 0 spiro atoms. The maximum atomic E-state index is 9.45. The van der Waals surface area contributed by atoms with Crippen LogP contribution < -0.4 is 16.2 Å². The van der Waals surface area contributed by atoms with Crippen LogP contribution in [0.3, 0.4) is 0 Å². The first-order chi connectivity index (χ1) is 15.8. The number of aliphatic hydroxyl groups excluding tert-OH is 1. The molecule has 0 bridgehead atoms. The van der Waals surface area contributed by atoms with Crippen molar-refractivity contribution in [1.29, 1.82) is 0 Å². The quantitative estimate of drug-likeness (QED) is 0.179. The third kappa shape index (κ3) is 7.96. The fraction of sp³-hybridized carbons (Fsp3) is 0.214. The number of aliphatic hydroxyl groups is 1. The van der Waals surface area contributed by atoms with E-state index in [2.05, 4.69) is 0 Å². The number of phenols is 1. The summed E-state index contributed by atoms with van der Waals surface area (Å²) >= 11 is 0. The number of hydrogen-bond acceptors (Lipinski definition) is 5. The lowest BCUT2D eigenvalue weighted by Crippen LogP contribution is -1.98. The van der Waals surface area contributed by atoms with Crippen molar-refractivity contribution in [2.24, 2.45) is 0 Å². The summed E-state index contributed by atoms with van der Waals surface area (Å²) in [4.78, 5) is 0. The minimum atomic E-state index is 0.237. The molecule has 0 atom stereocenters. The van der Waals surface area contributed by atoms with Gasteiger partial charge >= 0.3 is 0 Å². The molecule has 0 aliphatic rings. The molecule has 0 heterocycles. The summed E-state index contributed by atoms with van der Waals surface area (Å²) in [6.45, 7) is 7.63. The van der Waals surface area contributed by atoms with Crippen LogP contribution in [-0.4, -0.2) is 10.2 Å². The number of anilines is 2. The fourth-order valence-electron chi connectivity index (χ4n) is 3.19. The molecule has 0 aliphatic carbocycles. The van der Waals surface area contributed by atoms with E-state index in [4.69, 9.17) is 16.2 Å². The Hall–Kier alpha value is -3.86. The maximum absolute atomic E-state index is 9.45. The molecule has 0 unspecified atom stereocenters. The standard InChI is InChI=1S/C26H28N2O3.C2H6/c1-17(3-4-18(2)29)13-20-7-10-24(16-26(20)28)31-23-11-12-25(27)21(15-23)14-19-5-8-22(30)9-6-19;1-2/h3-12,15-16,29-30H,13-14,27-28H2,1-2H3;1-2H3/b17-3+,18-4+;. The van der Waals surface area contributed by atoms with E-state index in [0.717, 1.165) is 22.3 Å². The zero-order valence-corrected chi connectivity index (χ0v) is 19.8. The van der Waals surface area contributed by atoms with Crippen molar-refractivity contribution < 1.29 is 14.9 Å². The molecular weight excluding hydrogens is 412 g/mol. The van der Waals surface area contributed by atoms with Gasteiger partial charge in [-0.1, -0.05) is 43.7 Å². The van der Waals surface area contributed by atoms with Crippen molar-refractivity contribution in [1.82, 2.24) is 0 Å². The highest BCUT2D eigenvalue weighted by molar-refractivity contribution is 5.56. The molecule has 6 N–H and O–H groups in total. The Morgan fingerprint density at radius 2 is 1.45 bits per heavy atom. The predicted octanol–water partition coefficient (Wildman–Crippen LogP) is 6.92. The molecule has 3 rings (SSSR count). The Morgan fingerprint density at radius 1 is 0.818 bits per heavy atom. The summed E-state index contributed by atoms with van der Waals surface area (Å²) in [6, 6.07) is 18.3. The highest BCUT2D eigenvalue weighted by Gasteiger charge is 2.07. The number of benzene rings is 3. The minimum Gasteiger partial charge on any atom is -0.513 e. The van der Waals surface area contributed by atoms with Crippen molar-refractivity contribution in [3.05, 3.63) is 101 Å². The molecule has 174 valence electrons. The summed E-state index contributed by atoms with van der Waals surface area (Å²) in [5.41, 5.74) is 17.8. The second-order valence-electron chi connectivity index (χ2n) is 7.66. The number of rotatable bonds is 7. The van der Waals surface area contributed by atoms with Crippen LogP contribution in [0.5, 0.6) is 17.2 Å². The van der Waals surface area contributed by atoms with Gasteiger partial charge in [-0.25, -0.2) is 0 Å². The molecule has 5 nitrogen and oxygen atoms in total. The van der Waals surface area contributed by atoms with Crippen LogP contribution in [0.25, 0.3) is 0 Å². The Kier molecular flexibility index (Phi) is 9.43. The van der Waals surface area contributed by atoms with E-state index >= 15 is 0 Å². The molecular formula is C28H34N2O3. The SMILES string of the molecule is C/C(O)=C\C=C(/C)Cc1ccc(Oc2ccc(N)c(Cc3ccc(O)cc3)c2)cc1N.CC. The van der Waals surface area contributed by atoms with Gasteiger partial charge in [-0.05, 0) is 85.9 Å². The van der Waals surface area contributed by atoms with Crippen molar-refractivity contribution in [2.75, 3.05) is 11.5 Å². The van der Waals surface area contributed by atoms with E-state index in [9.17, 15) is 10.2 Å². The van der Waals surface area contributed by atoms with E-state index < -0.39 is 0 Å². The van der Waals surface area contributed by atoms with Gasteiger partial charge < -0.3 is 26.4 Å². The van der Waals surface area contributed by atoms with Gasteiger partial charge in [0.15, 0.2) is 0 Å². The van der Waals surface area contributed by atoms with Crippen LogP contribution in [0.15, 0.2) is 84.1 Å². The molecule has 3 aromatic rings. The van der Waals surface area contributed by atoms with Crippen LogP contribution in [0.2, 0.25) is 0 Å². The van der Waals surface area contributed by atoms with Crippen molar-refractivity contribution >= 4 is 11.4 Å². The summed E-state index contributed by atoms with van der Waals surface area (Å²) < 4.78 is 6.02. The summed E-state index contributed by atoms with van der Waals surface area (Å²) in [7, 11) is 0. The number of ether oxygens (including phenoxy) is 1. The monoisotopic (exact) mass is 446 g/mol. The number of allylic oxidation sites excluding steroid dienone is 4. The first-order valence-electron chi connectivity index (χ1n) is 11.1. The first-order valence-corrected chi connectivity index (χ1v) is 11.1. The van der Waals surface area contributed by atoms with Crippen molar-refractivity contribution in [3.63, 3.8) is 0 Å². The number of phenolic OH excluding ortho intramolecular Hbond substituents is 1. The molecule has 0 saturated carbocycles. The second-order valence-corrected chi connectivity index (χ2v) is 7.66. The van der Waals surface area contributed by atoms with Crippen LogP contribution in [0.4, 0.5) is 11.4 Å². The summed E-state index contributed by atoms with van der Waals surface area (Å²) in [5.74, 6) is 1.83. The van der Waals surface area contributed by atoms with Crippen molar-refractivity contribution in [2.45, 2.75) is 40.5 Å². The van der Waals surface area contributed by atoms with Gasteiger partial charge in [0.2, 0.25) is 0 Å². The van der Waals surface area contributed by atoms with Crippen molar-refractivity contribution in [3.8, 4) is 17.2 Å². The molecule has 0 aromatic heterocycles. The average Bonchev–Trinajstić information content (AvgIpc) is 2.79. The second kappa shape index (κ2) is 12.2. The summed E-state index contributed by atoms with van der Waals surface area (Å²) in [6.07, 6.45) is 4.87. The fourth-order valence-corrected chi connectivity index (χ4v) is 3.19. The number of aromatic hydroxyl groups is 1. The lowest BCUT2D eigenvalue weighted by molar-refractivity contribution is 0.414. The molecule has 0 amide bonds. The van der Waals surface area contributed by atoms with E-state index in [-0.39, 0.29) is 11.5 Å². The molecule has 33 heavy (non-hydrogen) atoms. The third-order valence-electron chi connectivity index (χ3n) is 4.88. The Labute approximate surface area is 196 Å². The van der Waals surface area contributed by atoms with E-state index in [1.807, 2.05) is 75.4 Å². The number of nitrogen functional groups attached to an aromatic ring is 2. The van der Waals surface area contributed by atoms with E-state index in [1.165, 1.54) is 0 Å². The first kappa shape index (κ1) is 25.4. The Morgan fingerprint density at radius 3 is 2.09 bits per heavy atom. The van der Waals surface area contributed by atoms with E-state index in [0.29, 0.717) is 35.7 Å². The smallest absolute Gasteiger partial charge is 0.129 e. The van der Waals surface area contributed by atoms with Gasteiger partial charge in [0, 0.05) is 17.4 Å². The third-order valence-corrected chi connectivity index (χ3v) is 4.88. The maximum Gasteiger partial charge on any atom is 0.129 e. The van der Waals surface area contributed by atoms with E-state index in [1.54, 1.807) is 25.1 Å².